The predicted octanol–water partition coefficient (Wildman–Crippen LogP) is 1.48. The quantitative estimate of drug-likeness (QED) is 0.835. The van der Waals surface area contributed by atoms with E-state index in [-0.39, 0.29) is 21.7 Å². The maximum Gasteiger partial charge on any atom is 0.248 e. The van der Waals surface area contributed by atoms with Crippen LogP contribution in [0.5, 0.6) is 0 Å². The zero-order valence-electron chi connectivity index (χ0n) is 10.9. The minimum absolute atomic E-state index is 0.117. The maximum absolute atomic E-state index is 13.6. The summed E-state index contributed by atoms with van der Waals surface area (Å²) in [6.45, 7) is 0. The molecule has 2 aromatic carbocycles. The van der Waals surface area contributed by atoms with Crippen molar-refractivity contribution in [3.63, 3.8) is 0 Å². The Morgan fingerprint density at radius 2 is 1.81 bits per heavy atom. The van der Waals surface area contributed by atoms with Crippen LogP contribution in [0.25, 0.3) is 0 Å². The SMILES string of the molecule is NC(=O)c1ccc(CS(=O)(=O)c2ccccc2F)c(N)c1. The number of hydrogen-bond donors (Lipinski definition) is 2. The van der Waals surface area contributed by atoms with E-state index < -0.39 is 27.3 Å². The van der Waals surface area contributed by atoms with Gasteiger partial charge >= 0.3 is 0 Å². The minimum Gasteiger partial charge on any atom is -0.398 e. The van der Waals surface area contributed by atoms with Gasteiger partial charge in [0.15, 0.2) is 9.84 Å². The zero-order chi connectivity index (χ0) is 15.6. The number of benzene rings is 2. The molecule has 1 amide bonds. The lowest BCUT2D eigenvalue weighted by Gasteiger charge is -2.09. The molecule has 0 radical (unpaired) electrons. The lowest BCUT2D eigenvalue weighted by molar-refractivity contribution is 0.100. The highest BCUT2D eigenvalue weighted by Crippen LogP contribution is 2.23. The number of amides is 1. The van der Waals surface area contributed by atoms with E-state index >= 15 is 0 Å². The summed E-state index contributed by atoms with van der Waals surface area (Å²) in [5.74, 6) is -1.94. The Labute approximate surface area is 121 Å². The molecule has 2 rings (SSSR count). The van der Waals surface area contributed by atoms with E-state index in [1.165, 1.54) is 36.4 Å². The molecule has 0 fully saturated rings. The number of hydrogen-bond acceptors (Lipinski definition) is 4. The average molecular weight is 308 g/mol. The summed E-state index contributed by atoms with van der Waals surface area (Å²) in [6, 6.07) is 9.19. The first-order valence-corrected chi connectivity index (χ1v) is 7.62. The summed E-state index contributed by atoms with van der Waals surface area (Å²) >= 11 is 0. The van der Waals surface area contributed by atoms with Gasteiger partial charge in [-0.3, -0.25) is 4.79 Å². The molecular weight excluding hydrogens is 295 g/mol. The van der Waals surface area contributed by atoms with Crippen LogP contribution in [-0.4, -0.2) is 14.3 Å². The fourth-order valence-electron chi connectivity index (χ4n) is 1.86. The van der Waals surface area contributed by atoms with E-state index in [2.05, 4.69) is 0 Å². The molecule has 7 heteroatoms. The van der Waals surface area contributed by atoms with Crippen LogP contribution in [0.3, 0.4) is 0 Å². The maximum atomic E-state index is 13.6. The van der Waals surface area contributed by atoms with E-state index in [0.717, 1.165) is 6.07 Å². The minimum atomic E-state index is -3.87. The van der Waals surface area contributed by atoms with Crippen molar-refractivity contribution in [1.29, 1.82) is 0 Å². The van der Waals surface area contributed by atoms with Crippen molar-refractivity contribution in [2.24, 2.45) is 5.73 Å². The van der Waals surface area contributed by atoms with Crippen LogP contribution in [0.15, 0.2) is 47.4 Å². The van der Waals surface area contributed by atoms with Gasteiger partial charge in [0.1, 0.15) is 10.7 Å². The van der Waals surface area contributed by atoms with Gasteiger partial charge in [0, 0.05) is 11.3 Å². The number of rotatable bonds is 4. The number of carbonyl (C=O) groups is 1. The number of halogens is 1. The third kappa shape index (κ3) is 3.19. The second kappa shape index (κ2) is 5.53. The van der Waals surface area contributed by atoms with Gasteiger partial charge in [-0.25, -0.2) is 12.8 Å². The van der Waals surface area contributed by atoms with Gasteiger partial charge < -0.3 is 11.5 Å². The summed E-state index contributed by atoms with van der Waals surface area (Å²) in [5, 5.41) is 0. The van der Waals surface area contributed by atoms with E-state index in [0.29, 0.717) is 0 Å². The lowest BCUT2D eigenvalue weighted by Crippen LogP contribution is -2.13. The highest BCUT2D eigenvalue weighted by molar-refractivity contribution is 7.90. The molecule has 2 aromatic rings. The molecule has 21 heavy (non-hydrogen) atoms. The van der Waals surface area contributed by atoms with E-state index in [4.69, 9.17) is 11.5 Å². The average Bonchev–Trinajstić information content (AvgIpc) is 2.41. The number of anilines is 1. The fraction of sp³-hybridized carbons (Fsp3) is 0.0714. The predicted molar refractivity (Wildman–Crippen MR) is 76.7 cm³/mol. The van der Waals surface area contributed by atoms with Crippen LogP contribution in [0.4, 0.5) is 10.1 Å². The molecule has 0 aliphatic rings. The van der Waals surface area contributed by atoms with Gasteiger partial charge in [0.2, 0.25) is 5.91 Å². The van der Waals surface area contributed by atoms with Crippen molar-refractivity contribution >= 4 is 21.4 Å². The van der Waals surface area contributed by atoms with Crippen molar-refractivity contribution in [2.75, 3.05) is 5.73 Å². The van der Waals surface area contributed by atoms with Gasteiger partial charge in [-0.2, -0.15) is 0 Å². The number of nitrogen functional groups attached to an aromatic ring is 1. The first kappa shape index (κ1) is 15.0. The smallest absolute Gasteiger partial charge is 0.248 e. The number of primary amides is 1. The molecule has 110 valence electrons. The van der Waals surface area contributed by atoms with Crippen LogP contribution in [-0.2, 0) is 15.6 Å². The molecule has 4 N–H and O–H groups in total. The zero-order valence-corrected chi connectivity index (χ0v) is 11.7. The first-order valence-electron chi connectivity index (χ1n) is 5.97. The molecule has 0 bridgehead atoms. The largest absolute Gasteiger partial charge is 0.398 e. The van der Waals surface area contributed by atoms with Gasteiger partial charge in [-0.1, -0.05) is 18.2 Å². The van der Waals surface area contributed by atoms with Gasteiger partial charge in [-0.15, -0.1) is 0 Å². The Bertz CT molecular complexity index is 804. The second-order valence-electron chi connectivity index (χ2n) is 4.47. The summed E-state index contributed by atoms with van der Waals surface area (Å²) in [7, 11) is -3.87. The van der Waals surface area contributed by atoms with Gasteiger partial charge in [-0.05, 0) is 29.8 Å². The number of carbonyl (C=O) groups excluding carboxylic acids is 1. The van der Waals surface area contributed by atoms with Crippen molar-refractivity contribution in [1.82, 2.24) is 0 Å². The van der Waals surface area contributed by atoms with Crippen molar-refractivity contribution in [3.8, 4) is 0 Å². The molecule has 0 saturated carbocycles. The molecule has 0 saturated heterocycles. The van der Waals surface area contributed by atoms with E-state index in [1.54, 1.807) is 0 Å². The highest BCUT2D eigenvalue weighted by Gasteiger charge is 2.20. The molecule has 0 heterocycles. The Hall–Kier alpha value is -2.41. The third-order valence-electron chi connectivity index (χ3n) is 2.95. The third-order valence-corrected chi connectivity index (χ3v) is 4.64. The molecule has 0 atom stereocenters. The summed E-state index contributed by atoms with van der Waals surface area (Å²) < 4.78 is 38.0. The monoisotopic (exact) mass is 308 g/mol. The van der Waals surface area contributed by atoms with Gasteiger partial charge in [0.05, 0.1) is 5.75 Å². The topological polar surface area (TPSA) is 103 Å². The second-order valence-corrected chi connectivity index (χ2v) is 6.43. The number of sulfone groups is 1. The van der Waals surface area contributed by atoms with Crippen molar-refractivity contribution in [3.05, 3.63) is 59.4 Å². The normalized spacial score (nSPS) is 11.3. The molecular formula is C14H13FN2O3S. The Morgan fingerprint density at radius 1 is 1.14 bits per heavy atom. The lowest BCUT2D eigenvalue weighted by atomic mass is 10.1. The summed E-state index contributed by atoms with van der Waals surface area (Å²) in [4.78, 5) is 10.6. The Kier molecular flexibility index (Phi) is 3.95. The van der Waals surface area contributed by atoms with Crippen LogP contribution < -0.4 is 11.5 Å². The van der Waals surface area contributed by atoms with Crippen LogP contribution in [0, 0.1) is 5.82 Å². The van der Waals surface area contributed by atoms with Crippen LogP contribution in [0.2, 0.25) is 0 Å². The fourth-order valence-corrected chi connectivity index (χ4v) is 3.34. The summed E-state index contributed by atoms with van der Waals surface area (Å²) in [5.41, 5.74) is 11.4. The summed E-state index contributed by atoms with van der Waals surface area (Å²) in [6.07, 6.45) is 0. The molecule has 0 aliphatic carbocycles. The molecule has 0 aromatic heterocycles. The molecule has 0 spiro atoms. The van der Waals surface area contributed by atoms with Crippen molar-refractivity contribution < 1.29 is 17.6 Å². The molecule has 5 nitrogen and oxygen atoms in total. The Balaban J connectivity index is 2.38. The number of nitrogens with two attached hydrogens (primary N) is 2. The Morgan fingerprint density at radius 3 is 2.38 bits per heavy atom. The van der Waals surface area contributed by atoms with Gasteiger partial charge in [0.25, 0.3) is 0 Å². The van der Waals surface area contributed by atoms with E-state index in [1.807, 2.05) is 0 Å². The molecule has 0 unspecified atom stereocenters. The first-order chi connectivity index (χ1) is 9.81. The standard InChI is InChI=1S/C14H13FN2O3S/c15-11-3-1-2-4-13(11)21(19,20)8-10-6-5-9(14(17)18)7-12(10)16/h1-7H,8,16H2,(H2,17,18). The van der Waals surface area contributed by atoms with Crippen molar-refractivity contribution in [2.45, 2.75) is 10.6 Å². The highest BCUT2D eigenvalue weighted by atomic mass is 32.2. The molecule has 0 aliphatic heterocycles. The van der Waals surface area contributed by atoms with E-state index in [9.17, 15) is 17.6 Å². The van der Waals surface area contributed by atoms with Crippen LogP contribution in [0.1, 0.15) is 15.9 Å². The van der Waals surface area contributed by atoms with Crippen LogP contribution >= 0.6 is 0 Å².